The Balaban J connectivity index is 1.23. The summed E-state index contributed by atoms with van der Waals surface area (Å²) < 4.78 is 6.27. The second kappa shape index (κ2) is 9.16. The smallest absolute Gasteiger partial charge is 0.173 e. The summed E-state index contributed by atoms with van der Waals surface area (Å²) in [6.45, 7) is 3.50. The fraction of sp³-hybridized carbons (Fsp3) is 0.407. The van der Waals surface area contributed by atoms with Gasteiger partial charge in [0.15, 0.2) is 5.78 Å². The molecule has 0 radical (unpaired) electrons. The van der Waals surface area contributed by atoms with Gasteiger partial charge in [-0.25, -0.2) is 0 Å². The molecule has 0 spiro atoms. The molecule has 1 aromatic heterocycles. The van der Waals surface area contributed by atoms with E-state index in [1.165, 1.54) is 25.9 Å². The third kappa shape index (κ3) is 4.64. The van der Waals surface area contributed by atoms with E-state index in [-0.39, 0.29) is 11.6 Å². The molecule has 3 aliphatic heterocycles. The highest BCUT2D eigenvalue weighted by Crippen LogP contribution is 2.36. The molecule has 3 aliphatic rings. The maximum Gasteiger partial charge on any atom is 0.173 e. The minimum Gasteiger partial charge on any atom is -0.497 e. The van der Waals surface area contributed by atoms with E-state index in [2.05, 4.69) is 11.0 Å². The van der Waals surface area contributed by atoms with E-state index in [0.717, 1.165) is 44.3 Å². The van der Waals surface area contributed by atoms with Gasteiger partial charge in [-0.3, -0.25) is 9.59 Å². The van der Waals surface area contributed by atoms with E-state index in [0.29, 0.717) is 25.2 Å². The van der Waals surface area contributed by atoms with Gasteiger partial charge in [0.2, 0.25) is 0 Å². The Kier molecular flexibility index (Phi) is 6.11. The monoisotopic (exact) mass is 447 g/mol. The second-order valence-corrected chi connectivity index (χ2v) is 10.3. The Labute approximate surface area is 193 Å². The average molecular weight is 448 g/mol. The summed E-state index contributed by atoms with van der Waals surface area (Å²) in [5.74, 6) is 2.50. The Bertz CT molecular complexity index is 1130. The number of rotatable bonds is 8. The summed E-state index contributed by atoms with van der Waals surface area (Å²) >= 11 is 1.57. The highest BCUT2D eigenvalue weighted by molar-refractivity contribution is 7.20. The highest BCUT2D eigenvalue weighted by Gasteiger charge is 2.35. The number of ketones is 2. The number of ether oxygens (including phenoxy) is 1. The summed E-state index contributed by atoms with van der Waals surface area (Å²) in [6.07, 6.45) is 3.98. The number of thiophene rings is 1. The Morgan fingerprint density at radius 3 is 2.41 bits per heavy atom. The number of carbonyl (C=O) groups excluding carboxylic acids is 2. The largest absolute Gasteiger partial charge is 0.497 e. The standard InChI is InChI=1S/C27H29NO3S/c1-31-24-6-3-18(4-7-24)12-23(29)13-19-2-5-21-16-27(32-26(21)14-19)25(30)15-22-17-28-10-8-20(22)9-11-28/h2-7,14,16,20,22H,8-13,15,17H2,1H3/t22-/m0/s1. The molecule has 0 unspecified atom stereocenters. The summed E-state index contributed by atoms with van der Waals surface area (Å²) in [5.41, 5.74) is 2.00. The number of methoxy groups -OCH3 is 1. The fourth-order valence-electron chi connectivity index (χ4n) is 5.24. The minimum atomic E-state index is 0.185. The second-order valence-electron chi connectivity index (χ2n) is 9.25. The van der Waals surface area contributed by atoms with Crippen LogP contribution in [0.1, 0.15) is 40.1 Å². The zero-order valence-electron chi connectivity index (χ0n) is 18.5. The molecule has 4 heterocycles. The molecule has 1 atom stereocenters. The molecule has 32 heavy (non-hydrogen) atoms. The zero-order chi connectivity index (χ0) is 22.1. The average Bonchev–Trinajstić information content (AvgIpc) is 3.24. The van der Waals surface area contributed by atoms with Crippen molar-refractivity contribution >= 4 is 33.0 Å². The van der Waals surface area contributed by atoms with E-state index >= 15 is 0 Å². The molecule has 6 rings (SSSR count). The van der Waals surface area contributed by atoms with Gasteiger partial charge in [0.05, 0.1) is 12.0 Å². The van der Waals surface area contributed by atoms with Crippen LogP contribution in [0.25, 0.3) is 10.1 Å². The summed E-state index contributed by atoms with van der Waals surface area (Å²) in [5, 5.41) is 1.10. The number of hydrogen-bond donors (Lipinski definition) is 0. The van der Waals surface area contributed by atoms with Crippen LogP contribution in [0, 0.1) is 11.8 Å². The highest BCUT2D eigenvalue weighted by atomic mass is 32.1. The maximum absolute atomic E-state index is 13.0. The Hall–Kier alpha value is -2.50. The van der Waals surface area contributed by atoms with Crippen LogP contribution >= 0.6 is 11.3 Å². The first-order valence-corrected chi connectivity index (χ1v) is 12.3. The van der Waals surface area contributed by atoms with E-state index < -0.39 is 0 Å². The number of hydrogen-bond acceptors (Lipinski definition) is 5. The van der Waals surface area contributed by atoms with Crippen molar-refractivity contribution in [3.8, 4) is 5.75 Å². The van der Waals surface area contributed by atoms with E-state index in [1.807, 2.05) is 42.5 Å². The fourth-order valence-corrected chi connectivity index (χ4v) is 6.32. The van der Waals surface area contributed by atoms with E-state index in [4.69, 9.17) is 4.74 Å². The number of piperidine rings is 3. The third-order valence-electron chi connectivity index (χ3n) is 7.06. The first-order chi connectivity index (χ1) is 15.6. The van der Waals surface area contributed by atoms with Gasteiger partial charge in [-0.1, -0.05) is 24.3 Å². The summed E-state index contributed by atoms with van der Waals surface area (Å²) in [7, 11) is 1.64. The van der Waals surface area contributed by atoms with Crippen LogP contribution < -0.4 is 4.74 Å². The Morgan fingerprint density at radius 2 is 1.72 bits per heavy atom. The van der Waals surface area contributed by atoms with Crippen molar-refractivity contribution < 1.29 is 14.3 Å². The molecule has 0 amide bonds. The van der Waals surface area contributed by atoms with Crippen molar-refractivity contribution in [1.29, 1.82) is 0 Å². The van der Waals surface area contributed by atoms with Crippen LogP contribution in [0.3, 0.4) is 0 Å². The van der Waals surface area contributed by atoms with Crippen molar-refractivity contribution in [1.82, 2.24) is 4.90 Å². The van der Waals surface area contributed by atoms with Gasteiger partial charge >= 0.3 is 0 Å². The van der Waals surface area contributed by atoms with Crippen molar-refractivity contribution in [3.63, 3.8) is 0 Å². The van der Waals surface area contributed by atoms with Gasteiger partial charge in [0.1, 0.15) is 11.5 Å². The molecular weight excluding hydrogens is 418 g/mol. The lowest BCUT2D eigenvalue weighted by atomic mass is 9.76. The van der Waals surface area contributed by atoms with Crippen molar-refractivity contribution in [2.24, 2.45) is 11.8 Å². The molecule has 3 saturated heterocycles. The molecule has 5 heteroatoms. The van der Waals surface area contributed by atoms with Crippen molar-refractivity contribution in [2.75, 3.05) is 26.7 Å². The number of Topliss-reactive ketones (excluding diaryl/α,β-unsaturated/α-hetero) is 2. The SMILES string of the molecule is COc1ccc(CC(=O)Cc2ccc3cc(C(=O)C[C@H]4CN5CCC4CC5)sc3c2)cc1. The summed E-state index contributed by atoms with van der Waals surface area (Å²) in [4.78, 5) is 29.0. The lowest BCUT2D eigenvalue weighted by molar-refractivity contribution is -0.117. The molecule has 0 saturated carbocycles. The van der Waals surface area contributed by atoms with Gasteiger partial charge in [-0.15, -0.1) is 11.3 Å². The van der Waals surface area contributed by atoms with Gasteiger partial charge in [-0.2, -0.15) is 0 Å². The lowest BCUT2D eigenvalue weighted by Gasteiger charge is -2.44. The van der Waals surface area contributed by atoms with Gasteiger partial charge < -0.3 is 9.64 Å². The first-order valence-electron chi connectivity index (χ1n) is 11.5. The molecule has 166 valence electrons. The zero-order valence-corrected chi connectivity index (χ0v) is 19.3. The Morgan fingerprint density at radius 1 is 1.00 bits per heavy atom. The molecule has 3 fully saturated rings. The quantitative estimate of drug-likeness (QED) is 0.447. The number of carbonyl (C=O) groups is 2. The van der Waals surface area contributed by atoms with Crippen LogP contribution in [0.5, 0.6) is 5.75 Å². The third-order valence-corrected chi connectivity index (χ3v) is 8.20. The van der Waals surface area contributed by atoms with Gasteiger partial charge in [0, 0.05) is 30.5 Å². The molecule has 2 bridgehead atoms. The van der Waals surface area contributed by atoms with Crippen LogP contribution in [0.2, 0.25) is 0 Å². The number of benzene rings is 2. The molecular formula is C27H29NO3S. The molecule has 2 aromatic carbocycles. The number of fused-ring (bicyclic) bond motifs is 4. The van der Waals surface area contributed by atoms with Crippen LogP contribution in [0.15, 0.2) is 48.5 Å². The van der Waals surface area contributed by atoms with Crippen molar-refractivity contribution in [2.45, 2.75) is 32.1 Å². The normalized spacial score (nSPS) is 22.2. The first kappa shape index (κ1) is 21.4. The van der Waals surface area contributed by atoms with Crippen LogP contribution in [-0.4, -0.2) is 43.2 Å². The van der Waals surface area contributed by atoms with Crippen molar-refractivity contribution in [3.05, 3.63) is 64.5 Å². The molecule has 4 nitrogen and oxygen atoms in total. The maximum atomic E-state index is 13.0. The van der Waals surface area contributed by atoms with E-state index in [1.54, 1.807) is 18.4 Å². The molecule has 0 N–H and O–H groups in total. The van der Waals surface area contributed by atoms with Crippen LogP contribution in [-0.2, 0) is 17.6 Å². The van der Waals surface area contributed by atoms with Gasteiger partial charge in [0.25, 0.3) is 0 Å². The lowest BCUT2D eigenvalue weighted by Crippen LogP contribution is -2.47. The predicted octanol–water partition coefficient (Wildman–Crippen LogP) is 5.18. The van der Waals surface area contributed by atoms with E-state index in [9.17, 15) is 9.59 Å². The molecule has 3 aromatic rings. The number of nitrogens with zero attached hydrogens (tertiary/aromatic N) is 1. The van der Waals surface area contributed by atoms with Crippen LogP contribution in [0.4, 0.5) is 0 Å². The predicted molar refractivity (Wildman–Crippen MR) is 129 cm³/mol. The van der Waals surface area contributed by atoms with Gasteiger partial charge in [-0.05, 0) is 78.5 Å². The topological polar surface area (TPSA) is 46.6 Å². The summed E-state index contributed by atoms with van der Waals surface area (Å²) in [6, 6.07) is 15.8. The minimum absolute atomic E-state index is 0.185. The molecule has 0 aliphatic carbocycles.